The number of likely N-dealkylation sites (N-methyl/N-ethyl adjacent to an activating group) is 1. The fourth-order valence-electron chi connectivity index (χ4n) is 5.38. The molecule has 0 spiro atoms. The molecule has 0 N–H and O–H groups in total. The van der Waals surface area contributed by atoms with Gasteiger partial charge in [-0.1, -0.05) is 35.9 Å². The molecule has 2 fully saturated rings. The molecule has 0 radical (unpaired) electrons. The van der Waals surface area contributed by atoms with Crippen molar-refractivity contribution in [3.8, 4) is 0 Å². The third-order valence-electron chi connectivity index (χ3n) is 7.73. The van der Waals surface area contributed by atoms with Crippen LogP contribution in [-0.4, -0.2) is 98.0 Å². The van der Waals surface area contributed by atoms with Gasteiger partial charge in [0.2, 0.25) is 15.9 Å². The van der Waals surface area contributed by atoms with E-state index in [1.807, 2.05) is 26.0 Å². The number of benzene rings is 2. The molecule has 2 heterocycles. The Balaban J connectivity index is 1.57. The third kappa shape index (κ3) is 5.82. The topological polar surface area (TPSA) is 81.2 Å². The molecule has 1 unspecified atom stereocenters. The zero-order chi connectivity index (χ0) is 27.8. The molecule has 11 heteroatoms. The van der Waals surface area contributed by atoms with Gasteiger partial charge >= 0.3 is 6.03 Å². The van der Waals surface area contributed by atoms with Crippen molar-refractivity contribution < 1.29 is 22.4 Å². The minimum absolute atomic E-state index is 0.118. The van der Waals surface area contributed by atoms with E-state index in [2.05, 4.69) is 0 Å². The summed E-state index contributed by atoms with van der Waals surface area (Å²) >= 11 is 6.20. The van der Waals surface area contributed by atoms with Gasteiger partial charge in [0.1, 0.15) is 5.82 Å². The Morgan fingerprint density at radius 1 is 1.00 bits per heavy atom. The zero-order valence-corrected chi connectivity index (χ0v) is 23.7. The molecule has 2 saturated heterocycles. The number of hydrogen-bond acceptors (Lipinski definition) is 4. The number of likely N-dealkylation sites (tertiary alicyclic amines) is 1. The monoisotopic (exact) mass is 564 g/mol. The molecule has 206 valence electrons. The number of nitrogens with zero attached hydrogens (tertiary/aromatic N) is 4. The van der Waals surface area contributed by atoms with Crippen molar-refractivity contribution in [1.29, 1.82) is 0 Å². The van der Waals surface area contributed by atoms with Crippen LogP contribution in [0.2, 0.25) is 5.02 Å². The van der Waals surface area contributed by atoms with E-state index in [-0.39, 0.29) is 42.8 Å². The number of halogens is 2. The number of rotatable bonds is 5. The van der Waals surface area contributed by atoms with Crippen molar-refractivity contribution >= 4 is 33.6 Å². The average Bonchev–Trinajstić information content (AvgIpc) is 3.33. The van der Waals surface area contributed by atoms with Crippen LogP contribution in [-0.2, 0) is 20.2 Å². The Hall–Kier alpha value is -2.69. The van der Waals surface area contributed by atoms with E-state index in [0.717, 1.165) is 11.1 Å². The lowest BCUT2D eigenvalue weighted by atomic mass is 9.82. The summed E-state index contributed by atoms with van der Waals surface area (Å²) in [7, 11) is -1.57. The van der Waals surface area contributed by atoms with Crippen LogP contribution < -0.4 is 0 Å². The number of carbonyl (C=O) groups is 2. The third-order valence-corrected chi connectivity index (χ3v) is 9.27. The number of sulfonamides is 1. The van der Waals surface area contributed by atoms with Gasteiger partial charge in [0, 0.05) is 57.3 Å². The Morgan fingerprint density at radius 2 is 1.63 bits per heavy atom. The van der Waals surface area contributed by atoms with Gasteiger partial charge in [-0.25, -0.2) is 17.6 Å². The molecule has 2 aromatic carbocycles. The van der Waals surface area contributed by atoms with Crippen LogP contribution in [0, 0.1) is 5.82 Å². The maximum atomic E-state index is 13.8. The van der Waals surface area contributed by atoms with E-state index >= 15 is 0 Å². The molecule has 0 bridgehead atoms. The van der Waals surface area contributed by atoms with Gasteiger partial charge < -0.3 is 14.7 Å². The quantitative estimate of drug-likeness (QED) is 0.558. The molecule has 2 aromatic rings. The maximum Gasteiger partial charge on any atom is 0.320 e. The van der Waals surface area contributed by atoms with E-state index in [0.29, 0.717) is 31.2 Å². The van der Waals surface area contributed by atoms with Gasteiger partial charge in [0.25, 0.3) is 0 Å². The molecule has 0 aromatic heterocycles. The van der Waals surface area contributed by atoms with Crippen LogP contribution in [0.5, 0.6) is 0 Å². The van der Waals surface area contributed by atoms with Gasteiger partial charge in [0.15, 0.2) is 0 Å². The van der Waals surface area contributed by atoms with Crippen molar-refractivity contribution in [2.75, 3.05) is 52.6 Å². The molecular formula is C27H34ClFN4O4S. The van der Waals surface area contributed by atoms with Gasteiger partial charge in [-0.3, -0.25) is 4.79 Å². The average molecular weight is 565 g/mol. The van der Waals surface area contributed by atoms with Crippen molar-refractivity contribution in [1.82, 2.24) is 19.0 Å². The Labute approximate surface area is 229 Å². The summed E-state index contributed by atoms with van der Waals surface area (Å²) in [6.45, 7) is 5.45. The lowest BCUT2D eigenvalue weighted by Gasteiger charge is -2.36. The number of amides is 3. The smallest absolute Gasteiger partial charge is 0.320 e. The normalized spacial score (nSPS) is 21.0. The lowest BCUT2D eigenvalue weighted by Crippen LogP contribution is -2.54. The van der Waals surface area contributed by atoms with Crippen molar-refractivity contribution in [2.24, 2.45) is 0 Å². The molecule has 2 atom stereocenters. The van der Waals surface area contributed by atoms with Crippen LogP contribution in [0.1, 0.15) is 30.9 Å². The zero-order valence-electron chi connectivity index (χ0n) is 22.1. The minimum atomic E-state index is -3.31. The fraction of sp³-hybridized carbons (Fsp3) is 0.481. The predicted octanol–water partition coefficient (Wildman–Crippen LogP) is 3.38. The van der Waals surface area contributed by atoms with Crippen LogP contribution in [0.25, 0.3) is 0 Å². The Kier molecular flexibility index (Phi) is 8.07. The van der Waals surface area contributed by atoms with E-state index < -0.39 is 15.4 Å². The first kappa shape index (κ1) is 28.3. The molecule has 38 heavy (non-hydrogen) atoms. The first-order valence-corrected chi connectivity index (χ1v) is 14.8. The summed E-state index contributed by atoms with van der Waals surface area (Å²) in [6, 6.07) is 12.9. The SMILES string of the molecule is CN(C(=O)C(C)(C)c1cccc(Cl)c1)[C@@H]1CN(C(=O)N2CCN(S(C)(=O)=O)CC2)CC1c1ccc(F)cc1. The predicted molar refractivity (Wildman–Crippen MR) is 145 cm³/mol. The Morgan fingerprint density at radius 3 is 2.21 bits per heavy atom. The summed E-state index contributed by atoms with van der Waals surface area (Å²) in [6.07, 6.45) is 1.17. The molecular weight excluding hydrogens is 531 g/mol. The van der Waals surface area contributed by atoms with E-state index in [1.165, 1.54) is 22.7 Å². The maximum absolute atomic E-state index is 13.8. The number of piperazine rings is 1. The van der Waals surface area contributed by atoms with Crippen LogP contribution in [0.4, 0.5) is 9.18 Å². The lowest BCUT2D eigenvalue weighted by molar-refractivity contribution is -0.137. The summed E-state index contributed by atoms with van der Waals surface area (Å²) in [5.74, 6) is -0.694. The standard InChI is InChI=1S/C27H34ClFN4O4S/c1-27(2,20-6-5-7-21(28)16-20)25(34)30(3)24-18-32(17-23(24)19-8-10-22(29)11-9-19)26(35)31-12-14-33(15-13-31)38(4,36)37/h5-11,16,23-24H,12-15,17-18H2,1-4H3/t23?,24-/m1/s1. The minimum Gasteiger partial charge on any atom is -0.340 e. The number of carbonyl (C=O) groups excluding carboxylic acids is 2. The number of urea groups is 1. The Bertz CT molecular complexity index is 1300. The van der Waals surface area contributed by atoms with Gasteiger partial charge in [-0.2, -0.15) is 4.31 Å². The first-order chi connectivity index (χ1) is 17.8. The highest BCUT2D eigenvalue weighted by molar-refractivity contribution is 7.88. The number of hydrogen-bond donors (Lipinski definition) is 0. The van der Waals surface area contributed by atoms with Crippen LogP contribution >= 0.6 is 11.6 Å². The van der Waals surface area contributed by atoms with Crippen LogP contribution in [0.3, 0.4) is 0 Å². The summed E-state index contributed by atoms with van der Waals surface area (Å²) in [5, 5.41) is 0.545. The molecule has 8 nitrogen and oxygen atoms in total. The second-order valence-corrected chi connectivity index (χ2v) is 13.0. The van der Waals surface area contributed by atoms with Gasteiger partial charge in [0.05, 0.1) is 17.7 Å². The summed E-state index contributed by atoms with van der Waals surface area (Å²) in [4.78, 5) is 32.4. The van der Waals surface area contributed by atoms with Crippen molar-refractivity contribution in [3.05, 3.63) is 70.5 Å². The fourth-order valence-corrected chi connectivity index (χ4v) is 6.39. The highest BCUT2D eigenvalue weighted by Gasteiger charge is 2.44. The van der Waals surface area contributed by atoms with E-state index in [4.69, 9.17) is 11.6 Å². The molecule has 3 amide bonds. The molecule has 0 aliphatic carbocycles. The molecule has 0 saturated carbocycles. The summed E-state index contributed by atoms with van der Waals surface area (Å²) < 4.78 is 38.8. The van der Waals surface area contributed by atoms with Crippen molar-refractivity contribution in [2.45, 2.75) is 31.2 Å². The van der Waals surface area contributed by atoms with E-state index in [9.17, 15) is 22.4 Å². The van der Waals surface area contributed by atoms with Gasteiger partial charge in [-0.15, -0.1) is 0 Å². The van der Waals surface area contributed by atoms with E-state index in [1.54, 1.807) is 46.0 Å². The largest absolute Gasteiger partial charge is 0.340 e. The van der Waals surface area contributed by atoms with Crippen LogP contribution in [0.15, 0.2) is 48.5 Å². The molecule has 4 rings (SSSR count). The highest BCUT2D eigenvalue weighted by Crippen LogP contribution is 2.35. The highest BCUT2D eigenvalue weighted by atomic mass is 35.5. The second-order valence-electron chi connectivity index (χ2n) is 10.6. The van der Waals surface area contributed by atoms with Crippen molar-refractivity contribution in [3.63, 3.8) is 0 Å². The first-order valence-electron chi connectivity index (χ1n) is 12.6. The van der Waals surface area contributed by atoms with Gasteiger partial charge in [-0.05, 0) is 49.2 Å². The molecule has 2 aliphatic rings. The second kappa shape index (κ2) is 10.8. The molecule has 2 aliphatic heterocycles. The summed E-state index contributed by atoms with van der Waals surface area (Å²) in [5.41, 5.74) is 0.760.